The van der Waals surface area contributed by atoms with Crippen LogP contribution < -0.4 is 5.32 Å². The molecule has 3 heteroatoms. The summed E-state index contributed by atoms with van der Waals surface area (Å²) in [6.45, 7) is 0. The molecule has 230 valence electrons. The molecule has 0 aliphatic carbocycles. The molecular formula is C46H31N3. The van der Waals surface area contributed by atoms with Crippen LogP contribution >= 0.6 is 0 Å². The van der Waals surface area contributed by atoms with E-state index in [2.05, 4.69) is 196 Å². The van der Waals surface area contributed by atoms with Crippen LogP contribution in [0.1, 0.15) is 0 Å². The standard InChI is InChI=1S/C46H31N3/c1-2-15-36(16-3-1)49-45-24-11-8-19-41(45)42-21-12-20-38(46(42)49)33-28-35(47-34-26-25-31-13-4-5-14-32(31)27-34)30-37(29-33)48-43-22-9-6-17-39(43)40-18-7-10-23-44(40)48/h1-30,47H. The van der Waals surface area contributed by atoms with Crippen LogP contribution in [0.25, 0.3) is 76.9 Å². The van der Waals surface area contributed by atoms with Gasteiger partial charge in [-0.3, -0.25) is 0 Å². The minimum Gasteiger partial charge on any atom is -0.355 e. The Hall–Kier alpha value is -6.58. The van der Waals surface area contributed by atoms with Gasteiger partial charge in [-0.2, -0.15) is 0 Å². The Balaban J connectivity index is 1.27. The molecule has 10 aromatic rings. The summed E-state index contributed by atoms with van der Waals surface area (Å²) in [5.74, 6) is 0. The highest BCUT2D eigenvalue weighted by atomic mass is 15.0. The molecule has 0 amide bonds. The smallest absolute Gasteiger partial charge is 0.0619 e. The zero-order valence-corrected chi connectivity index (χ0v) is 26.7. The number of hydrogen-bond acceptors (Lipinski definition) is 1. The summed E-state index contributed by atoms with van der Waals surface area (Å²) in [5.41, 5.74) is 11.4. The van der Waals surface area contributed by atoms with Gasteiger partial charge in [0.05, 0.1) is 22.1 Å². The third-order valence-corrected chi connectivity index (χ3v) is 9.81. The molecule has 2 heterocycles. The molecule has 1 N–H and O–H groups in total. The Labute approximate surface area is 283 Å². The van der Waals surface area contributed by atoms with Crippen LogP contribution in [0.5, 0.6) is 0 Å². The van der Waals surface area contributed by atoms with E-state index in [4.69, 9.17) is 0 Å². The van der Waals surface area contributed by atoms with Crippen molar-refractivity contribution in [3.05, 3.63) is 182 Å². The maximum atomic E-state index is 3.81. The van der Waals surface area contributed by atoms with Crippen molar-refractivity contribution in [2.45, 2.75) is 0 Å². The summed E-state index contributed by atoms with van der Waals surface area (Å²) < 4.78 is 4.83. The number of nitrogens with one attached hydrogen (secondary N) is 1. The van der Waals surface area contributed by atoms with E-state index in [-0.39, 0.29) is 0 Å². The summed E-state index contributed by atoms with van der Waals surface area (Å²) in [4.78, 5) is 0. The lowest BCUT2D eigenvalue weighted by atomic mass is 10.00. The highest BCUT2D eigenvalue weighted by Gasteiger charge is 2.19. The molecule has 0 unspecified atom stereocenters. The average Bonchev–Trinajstić information content (AvgIpc) is 3.68. The summed E-state index contributed by atoms with van der Waals surface area (Å²) in [6.07, 6.45) is 0. The van der Waals surface area contributed by atoms with Crippen LogP contribution in [0, 0.1) is 0 Å². The van der Waals surface area contributed by atoms with Gasteiger partial charge in [0.25, 0.3) is 0 Å². The van der Waals surface area contributed by atoms with Gasteiger partial charge in [-0.15, -0.1) is 0 Å². The lowest BCUT2D eigenvalue weighted by Crippen LogP contribution is -1.99. The molecule has 0 aliphatic rings. The molecule has 2 aromatic heterocycles. The van der Waals surface area contributed by atoms with Gasteiger partial charge in [0.1, 0.15) is 0 Å². The van der Waals surface area contributed by atoms with Crippen molar-refractivity contribution in [1.29, 1.82) is 0 Å². The molecule has 0 bridgehead atoms. The molecule has 0 radical (unpaired) electrons. The van der Waals surface area contributed by atoms with Gasteiger partial charge < -0.3 is 14.5 Å². The molecule has 0 saturated heterocycles. The van der Waals surface area contributed by atoms with Crippen LogP contribution in [-0.2, 0) is 0 Å². The van der Waals surface area contributed by atoms with Crippen molar-refractivity contribution in [2.24, 2.45) is 0 Å². The van der Waals surface area contributed by atoms with Crippen LogP contribution in [0.3, 0.4) is 0 Å². The number of para-hydroxylation sites is 5. The number of hydrogen-bond donors (Lipinski definition) is 1. The summed E-state index contributed by atoms with van der Waals surface area (Å²) >= 11 is 0. The van der Waals surface area contributed by atoms with Crippen molar-refractivity contribution >= 4 is 65.8 Å². The minimum absolute atomic E-state index is 1.03. The van der Waals surface area contributed by atoms with Crippen molar-refractivity contribution in [3.63, 3.8) is 0 Å². The van der Waals surface area contributed by atoms with Gasteiger partial charge >= 0.3 is 0 Å². The summed E-state index contributed by atoms with van der Waals surface area (Å²) in [5, 5.41) is 11.2. The van der Waals surface area contributed by atoms with E-state index in [1.54, 1.807) is 0 Å². The van der Waals surface area contributed by atoms with Crippen LogP contribution in [0.4, 0.5) is 11.4 Å². The maximum absolute atomic E-state index is 3.81. The highest BCUT2D eigenvalue weighted by molar-refractivity contribution is 6.14. The Bertz CT molecular complexity index is 2800. The molecular weight excluding hydrogens is 595 g/mol. The van der Waals surface area contributed by atoms with E-state index >= 15 is 0 Å². The van der Waals surface area contributed by atoms with Crippen molar-refractivity contribution in [2.75, 3.05) is 5.32 Å². The molecule has 0 fully saturated rings. The average molecular weight is 626 g/mol. The number of rotatable bonds is 5. The fourth-order valence-electron chi connectivity index (χ4n) is 7.70. The van der Waals surface area contributed by atoms with Gasteiger partial charge in [0.15, 0.2) is 0 Å². The zero-order valence-electron chi connectivity index (χ0n) is 26.7. The predicted molar refractivity (Wildman–Crippen MR) is 208 cm³/mol. The lowest BCUT2D eigenvalue weighted by molar-refractivity contribution is 1.17. The second kappa shape index (κ2) is 11.0. The van der Waals surface area contributed by atoms with E-state index in [9.17, 15) is 0 Å². The Morgan fingerprint density at radius 2 is 0.939 bits per heavy atom. The molecule has 0 atom stereocenters. The molecule has 49 heavy (non-hydrogen) atoms. The number of nitrogens with zero attached hydrogens (tertiary/aromatic N) is 2. The monoisotopic (exact) mass is 625 g/mol. The fraction of sp³-hybridized carbons (Fsp3) is 0. The highest BCUT2D eigenvalue weighted by Crippen LogP contribution is 2.41. The first kappa shape index (κ1) is 27.5. The summed E-state index contributed by atoms with van der Waals surface area (Å²) in [6, 6.07) is 65.7. The zero-order chi connectivity index (χ0) is 32.3. The topological polar surface area (TPSA) is 21.9 Å². The van der Waals surface area contributed by atoms with E-state index < -0.39 is 0 Å². The molecule has 8 aromatic carbocycles. The number of fused-ring (bicyclic) bond motifs is 7. The van der Waals surface area contributed by atoms with E-state index in [1.165, 1.54) is 59.9 Å². The predicted octanol–water partition coefficient (Wildman–Crippen LogP) is 12.4. The lowest BCUT2D eigenvalue weighted by Gasteiger charge is -2.17. The number of aromatic nitrogens is 2. The van der Waals surface area contributed by atoms with Crippen LogP contribution in [-0.4, -0.2) is 9.13 Å². The third kappa shape index (κ3) is 4.44. The molecule has 3 nitrogen and oxygen atoms in total. The third-order valence-electron chi connectivity index (χ3n) is 9.81. The maximum Gasteiger partial charge on any atom is 0.0619 e. The molecule has 0 aliphatic heterocycles. The molecule has 10 rings (SSSR count). The fourth-order valence-corrected chi connectivity index (χ4v) is 7.70. The molecule has 0 spiro atoms. The first-order chi connectivity index (χ1) is 24.3. The van der Waals surface area contributed by atoms with E-state index in [0.717, 1.165) is 28.3 Å². The van der Waals surface area contributed by atoms with Gasteiger partial charge in [-0.05, 0) is 77.0 Å². The second-order valence-electron chi connectivity index (χ2n) is 12.7. The molecule has 0 saturated carbocycles. The van der Waals surface area contributed by atoms with Gasteiger partial charge in [0.2, 0.25) is 0 Å². The van der Waals surface area contributed by atoms with Crippen LogP contribution in [0.2, 0.25) is 0 Å². The van der Waals surface area contributed by atoms with E-state index in [0.29, 0.717) is 0 Å². The quantitative estimate of drug-likeness (QED) is 0.202. The van der Waals surface area contributed by atoms with E-state index in [1.807, 2.05) is 0 Å². The SMILES string of the molecule is c1ccc(-n2c3ccccc3c3cccc(-c4cc(Nc5ccc6ccccc6c5)cc(-n5c6ccccc6c6ccccc65)c4)c32)cc1. The van der Waals surface area contributed by atoms with Crippen LogP contribution in [0.15, 0.2) is 182 Å². The largest absolute Gasteiger partial charge is 0.355 e. The summed E-state index contributed by atoms with van der Waals surface area (Å²) in [7, 11) is 0. The second-order valence-corrected chi connectivity index (χ2v) is 12.7. The normalized spacial score (nSPS) is 11.7. The van der Waals surface area contributed by atoms with Crippen molar-refractivity contribution < 1.29 is 0 Å². The van der Waals surface area contributed by atoms with Gasteiger partial charge in [-0.25, -0.2) is 0 Å². The number of anilines is 2. The minimum atomic E-state index is 1.03. The van der Waals surface area contributed by atoms with Gasteiger partial charge in [0, 0.05) is 49.9 Å². The first-order valence-electron chi connectivity index (χ1n) is 16.8. The van der Waals surface area contributed by atoms with Crippen molar-refractivity contribution in [3.8, 4) is 22.5 Å². The van der Waals surface area contributed by atoms with Crippen molar-refractivity contribution in [1.82, 2.24) is 9.13 Å². The Kier molecular flexibility index (Phi) is 6.18. The van der Waals surface area contributed by atoms with Gasteiger partial charge in [-0.1, -0.05) is 121 Å². The first-order valence-corrected chi connectivity index (χ1v) is 16.8. The Morgan fingerprint density at radius 3 is 1.67 bits per heavy atom. The number of benzene rings is 8. The Morgan fingerprint density at radius 1 is 0.347 bits per heavy atom.